The molecule has 0 heterocycles. The Labute approximate surface area is 180 Å². The van der Waals surface area contributed by atoms with E-state index in [2.05, 4.69) is 10.2 Å². The van der Waals surface area contributed by atoms with E-state index < -0.39 is 10.1 Å². The fourth-order valence-corrected chi connectivity index (χ4v) is 3.11. The summed E-state index contributed by atoms with van der Waals surface area (Å²) in [7, 11) is -4.23. The van der Waals surface area contributed by atoms with Crippen LogP contribution in [-0.2, 0) is 10.1 Å². The molecule has 1 N–H and O–H groups in total. The Morgan fingerprint density at radius 3 is 2.07 bits per heavy atom. The summed E-state index contributed by atoms with van der Waals surface area (Å²) < 4.78 is 31.5. The normalized spacial score (nSPS) is 11.9. The first-order valence-corrected chi connectivity index (χ1v) is 9.42. The van der Waals surface area contributed by atoms with Crippen molar-refractivity contribution < 1.29 is 47.6 Å². The van der Waals surface area contributed by atoms with Crippen molar-refractivity contribution in [3.63, 3.8) is 0 Å². The Bertz CT molecular complexity index is 1110. The zero-order chi connectivity index (χ0) is 18.9. The standard InChI is InChI=1S/C19H18N2O4S.Na/c1-12(2)18-11-16(6-8-19(18)22)21-20-15-5-3-14-10-17(26(23,24)25)7-4-13(14)9-15;/h3-12,22H,1-2H3,(H,23,24,25);/q;+1/p-1. The summed E-state index contributed by atoms with van der Waals surface area (Å²) in [5.74, 6) is 0.0922. The van der Waals surface area contributed by atoms with Gasteiger partial charge in [0.05, 0.1) is 16.3 Å². The Hall–Kier alpha value is -1.77. The smallest absolute Gasteiger partial charge is 0.872 e. The number of rotatable bonds is 4. The van der Waals surface area contributed by atoms with Crippen molar-refractivity contribution in [3.05, 3.63) is 60.2 Å². The van der Waals surface area contributed by atoms with E-state index in [1.165, 1.54) is 18.2 Å². The van der Waals surface area contributed by atoms with Gasteiger partial charge >= 0.3 is 29.6 Å². The predicted molar refractivity (Wildman–Crippen MR) is 97.9 cm³/mol. The second-order valence-corrected chi connectivity index (χ2v) is 7.67. The maximum absolute atomic E-state index is 11.8. The third-order valence-electron chi connectivity index (χ3n) is 3.99. The molecule has 0 aliphatic rings. The molecule has 0 aliphatic heterocycles. The zero-order valence-corrected chi connectivity index (χ0v) is 18.1. The number of fused-ring (bicyclic) bond motifs is 1. The molecular weight excluding hydrogens is 375 g/mol. The van der Waals surface area contributed by atoms with Crippen molar-refractivity contribution in [1.29, 1.82) is 0 Å². The molecule has 0 amide bonds. The molecule has 8 heteroatoms. The fraction of sp³-hybridized carbons (Fsp3) is 0.158. The van der Waals surface area contributed by atoms with E-state index in [4.69, 9.17) is 4.55 Å². The molecule has 0 aromatic heterocycles. The second kappa shape index (κ2) is 8.50. The zero-order valence-electron chi connectivity index (χ0n) is 15.2. The molecule has 0 saturated carbocycles. The predicted octanol–water partition coefficient (Wildman–Crippen LogP) is 1.70. The molecule has 3 aromatic carbocycles. The molecule has 0 spiro atoms. The Morgan fingerprint density at radius 1 is 0.889 bits per heavy atom. The minimum Gasteiger partial charge on any atom is -0.872 e. The fourth-order valence-electron chi connectivity index (χ4n) is 2.60. The van der Waals surface area contributed by atoms with E-state index in [0.717, 1.165) is 5.39 Å². The van der Waals surface area contributed by atoms with E-state index in [1.807, 2.05) is 13.8 Å². The van der Waals surface area contributed by atoms with Gasteiger partial charge in [-0.1, -0.05) is 37.6 Å². The van der Waals surface area contributed by atoms with E-state index in [-0.39, 0.29) is 46.1 Å². The minimum absolute atomic E-state index is 0. The number of nitrogens with zero attached hydrogens (tertiary/aromatic N) is 2. The van der Waals surface area contributed by atoms with Gasteiger partial charge in [-0.2, -0.15) is 18.6 Å². The third-order valence-corrected chi connectivity index (χ3v) is 4.84. The molecule has 0 fully saturated rings. The van der Waals surface area contributed by atoms with Crippen molar-refractivity contribution in [2.45, 2.75) is 24.7 Å². The van der Waals surface area contributed by atoms with Crippen LogP contribution < -0.4 is 34.7 Å². The molecule has 0 radical (unpaired) electrons. The van der Waals surface area contributed by atoms with Gasteiger partial charge < -0.3 is 5.11 Å². The Morgan fingerprint density at radius 2 is 1.44 bits per heavy atom. The van der Waals surface area contributed by atoms with Crippen LogP contribution >= 0.6 is 0 Å². The number of hydrogen-bond acceptors (Lipinski definition) is 5. The van der Waals surface area contributed by atoms with Gasteiger partial charge in [0.15, 0.2) is 0 Å². The van der Waals surface area contributed by atoms with Crippen LogP contribution in [0, 0.1) is 0 Å². The van der Waals surface area contributed by atoms with E-state index in [1.54, 1.807) is 36.4 Å². The van der Waals surface area contributed by atoms with Gasteiger partial charge in [-0.15, -0.1) is 5.75 Å². The summed E-state index contributed by atoms with van der Waals surface area (Å²) >= 11 is 0. The summed E-state index contributed by atoms with van der Waals surface area (Å²) in [6, 6.07) is 14.3. The van der Waals surface area contributed by atoms with Crippen molar-refractivity contribution >= 4 is 32.3 Å². The van der Waals surface area contributed by atoms with E-state index >= 15 is 0 Å². The Kier molecular flexibility index (Phi) is 6.77. The van der Waals surface area contributed by atoms with Crippen LogP contribution in [0.2, 0.25) is 0 Å². The number of benzene rings is 3. The molecular formula is C19H17N2NaO4S. The SMILES string of the molecule is CC(C)c1cc(N=Nc2ccc3cc(S(=O)(=O)O)ccc3c2)ccc1[O-].[Na+]. The van der Waals surface area contributed by atoms with Gasteiger partial charge in [0.25, 0.3) is 10.1 Å². The maximum Gasteiger partial charge on any atom is 1.00 e. The minimum atomic E-state index is -4.23. The quantitative estimate of drug-likeness (QED) is 0.415. The van der Waals surface area contributed by atoms with Crippen LogP contribution in [0.5, 0.6) is 5.75 Å². The molecule has 3 aromatic rings. The van der Waals surface area contributed by atoms with Crippen LogP contribution in [0.1, 0.15) is 25.3 Å². The van der Waals surface area contributed by atoms with Crippen molar-refractivity contribution in [2.24, 2.45) is 10.2 Å². The number of azo groups is 1. The summed E-state index contributed by atoms with van der Waals surface area (Å²) in [5.41, 5.74) is 1.88. The summed E-state index contributed by atoms with van der Waals surface area (Å²) in [4.78, 5) is -0.154. The molecule has 134 valence electrons. The largest absolute Gasteiger partial charge is 1.00 e. The molecule has 27 heavy (non-hydrogen) atoms. The Balaban J connectivity index is 0.00000261. The van der Waals surface area contributed by atoms with Crippen molar-refractivity contribution in [3.8, 4) is 5.75 Å². The number of hydrogen-bond donors (Lipinski definition) is 1. The van der Waals surface area contributed by atoms with Crippen LogP contribution in [-0.4, -0.2) is 13.0 Å². The van der Waals surface area contributed by atoms with Crippen molar-refractivity contribution in [1.82, 2.24) is 0 Å². The summed E-state index contributed by atoms with van der Waals surface area (Å²) in [6.07, 6.45) is 0. The molecule has 0 unspecified atom stereocenters. The molecule has 0 bridgehead atoms. The summed E-state index contributed by atoms with van der Waals surface area (Å²) in [5, 5.41) is 21.6. The van der Waals surface area contributed by atoms with Crippen LogP contribution in [0.15, 0.2) is 69.7 Å². The average Bonchev–Trinajstić information content (AvgIpc) is 2.59. The topological polar surface area (TPSA) is 102 Å². The van der Waals surface area contributed by atoms with Crippen LogP contribution in [0.4, 0.5) is 11.4 Å². The maximum atomic E-state index is 11.8. The van der Waals surface area contributed by atoms with E-state index in [0.29, 0.717) is 22.3 Å². The van der Waals surface area contributed by atoms with Gasteiger partial charge in [-0.25, -0.2) is 0 Å². The van der Waals surface area contributed by atoms with Gasteiger partial charge in [-0.3, -0.25) is 4.55 Å². The molecule has 3 rings (SSSR count). The van der Waals surface area contributed by atoms with Crippen LogP contribution in [0.25, 0.3) is 10.8 Å². The monoisotopic (exact) mass is 392 g/mol. The van der Waals surface area contributed by atoms with Gasteiger partial charge in [-0.05, 0) is 53.1 Å². The third kappa shape index (κ3) is 5.15. The van der Waals surface area contributed by atoms with Gasteiger partial charge in [0.1, 0.15) is 0 Å². The second-order valence-electron chi connectivity index (χ2n) is 6.25. The molecule has 0 aliphatic carbocycles. The average molecular weight is 392 g/mol. The van der Waals surface area contributed by atoms with Crippen LogP contribution in [0.3, 0.4) is 0 Å². The summed E-state index contributed by atoms with van der Waals surface area (Å²) in [6.45, 7) is 3.89. The first-order valence-electron chi connectivity index (χ1n) is 7.98. The first kappa shape index (κ1) is 21.5. The molecule has 0 atom stereocenters. The molecule has 6 nitrogen and oxygen atoms in total. The van der Waals surface area contributed by atoms with E-state index in [9.17, 15) is 13.5 Å². The molecule has 0 saturated heterocycles. The first-order chi connectivity index (χ1) is 12.2. The van der Waals surface area contributed by atoms with Crippen molar-refractivity contribution in [2.75, 3.05) is 0 Å². The van der Waals surface area contributed by atoms with Gasteiger partial charge in [0, 0.05) is 0 Å². The van der Waals surface area contributed by atoms with Gasteiger partial charge in [0.2, 0.25) is 0 Å².